The van der Waals surface area contributed by atoms with Crippen molar-refractivity contribution in [3.63, 3.8) is 0 Å². The second-order valence-electron chi connectivity index (χ2n) is 17.4. The fourth-order valence-corrected chi connectivity index (χ4v) is 7.10. The van der Waals surface area contributed by atoms with E-state index in [9.17, 15) is 39.3 Å². The topological polar surface area (TPSA) is 325 Å². The number of nitrogens with two attached hydrogens (primary N) is 2. The first-order chi connectivity index (χ1) is 35.0. The lowest BCUT2D eigenvalue weighted by atomic mass is 9.99. The highest BCUT2D eigenvalue weighted by Gasteiger charge is 2.24. The third-order valence-corrected chi connectivity index (χ3v) is 10.6. The van der Waals surface area contributed by atoms with Gasteiger partial charge in [0.1, 0.15) is 34.7 Å². The Hall–Kier alpha value is -8.40. The number of aromatic hydroxyl groups is 2. The van der Waals surface area contributed by atoms with Gasteiger partial charge < -0.3 is 62.3 Å². The Morgan fingerprint density at radius 1 is 0.627 bits per heavy atom. The molecule has 0 saturated carbocycles. The maximum atomic E-state index is 12.7. The molecule has 0 saturated heterocycles. The summed E-state index contributed by atoms with van der Waals surface area (Å²) in [6.07, 6.45) is -0.609. The summed E-state index contributed by atoms with van der Waals surface area (Å²) in [5, 5.41) is 39.5. The predicted octanol–water partition coefficient (Wildman–Crippen LogP) is 6.52. The molecule has 0 aliphatic rings. The minimum absolute atomic E-state index is 0. The number of phenols is 2. The van der Waals surface area contributed by atoms with E-state index in [4.69, 9.17) is 16.2 Å². The van der Waals surface area contributed by atoms with Crippen LogP contribution >= 0.6 is 12.4 Å². The Morgan fingerprint density at radius 2 is 1.03 bits per heavy atom. The Kier molecular flexibility index (Phi) is 23.3. The molecule has 0 fully saturated rings. The number of benzene rings is 4. The molecule has 0 unspecified atom stereocenters. The number of methoxy groups -OCH3 is 2. The number of aryl methyl sites for hydroxylation is 4. The van der Waals surface area contributed by atoms with Crippen molar-refractivity contribution in [2.75, 3.05) is 37.9 Å². The lowest BCUT2D eigenvalue weighted by Gasteiger charge is -2.20. The van der Waals surface area contributed by atoms with E-state index in [1.807, 2.05) is 72.8 Å². The second kappa shape index (κ2) is 28.7. The number of hydrogen-bond acceptors (Lipinski definition) is 18. The number of aromatic nitrogens is 4. The number of aromatic carboxylic acids is 1. The van der Waals surface area contributed by atoms with Crippen LogP contribution in [0.5, 0.6) is 11.5 Å². The number of alkyl carbamates (subject to hydrolysis) is 1. The van der Waals surface area contributed by atoms with Crippen LogP contribution in [0.3, 0.4) is 0 Å². The van der Waals surface area contributed by atoms with Gasteiger partial charge in [-0.3, -0.25) is 9.59 Å². The van der Waals surface area contributed by atoms with E-state index >= 15 is 0 Å². The number of carbonyl (C=O) groups is 5. The van der Waals surface area contributed by atoms with Crippen LogP contribution < -0.4 is 32.7 Å². The lowest BCUT2D eigenvalue weighted by Crippen LogP contribution is -2.46. The van der Waals surface area contributed by atoms with Crippen LogP contribution in [0, 0.1) is 27.7 Å². The molecule has 22 heteroatoms. The average Bonchev–Trinajstić information content (AvgIpc) is 3.35. The van der Waals surface area contributed by atoms with Crippen molar-refractivity contribution >= 4 is 54.2 Å². The van der Waals surface area contributed by atoms with Gasteiger partial charge in [0, 0.05) is 26.2 Å². The highest BCUT2D eigenvalue weighted by molar-refractivity contribution is 5.98. The predicted molar refractivity (Wildman–Crippen MR) is 286 cm³/mol. The zero-order chi connectivity index (χ0) is 54.7. The molecule has 75 heavy (non-hydrogen) atoms. The van der Waals surface area contributed by atoms with Crippen LogP contribution in [0.2, 0.25) is 0 Å². The standard InChI is InChI=1S/C24H27N5O4.C20H19N3O3.C9H18N2O4.ClH/c1-14-21(22(31)29-20(12-25)23(32)33-3)15(2)28-24(27-14)26-13-17-6-4-5-7-19(17)16-8-10-18(30)11-9-16;1-12-18(19(25)26)13(2)23-20(22-12)21-11-15-5-3-4-6-17(15)14-7-9-16(24)10-8-14;1-9(2,3)15-8(13)11-5-6(10)7(12)14-4;/h4-11,20,30H,12-13,25H2,1-3H3,(H,29,31)(H,26,27,28);3-10,24H,11H2,1-2H3,(H,25,26)(H,21,22,23);6H,5,10H2,1-4H3,(H,11,13);1H/t20-;;6-;/m0.0./s1. The summed E-state index contributed by atoms with van der Waals surface area (Å²) in [4.78, 5) is 75.0. The normalized spacial score (nSPS) is 11.3. The number of anilines is 2. The quantitative estimate of drug-likeness (QED) is 0.0368. The number of nitrogens with zero attached hydrogens (tertiary/aromatic N) is 4. The Balaban J connectivity index is 0.000000315. The Morgan fingerprint density at radius 3 is 1.40 bits per heavy atom. The van der Waals surface area contributed by atoms with E-state index in [-0.39, 0.29) is 48.1 Å². The van der Waals surface area contributed by atoms with Gasteiger partial charge in [0.15, 0.2) is 0 Å². The van der Waals surface area contributed by atoms with Crippen molar-refractivity contribution in [3.8, 4) is 33.8 Å². The van der Waals surface area contributed by atoms with Gasteiger partial charge in [-0.2, -0.15) is 0 Å². The summed E-state index contributed by atoms with van der Waals surface area (Å²) < 4.78 is 14.0. The maximum Gasteiger partial charge on any atom is 0.407 e. The molecule has 21 nitrogen and oxygen atoms in total. The fraction of sp³-hybridized carbons (Fsp3) is 0.302. The minimum Gasteiger partial charge on any atom is -0.508 e. The number of amides is 2. The Bertz CT molecular complexity index is 2850. The number of hydrogen-bond donors (Lipinski definition) is 9. The van der Waals surface area contributed by atoms with Gasteiger partial charge in [-0.05, 0) is 106 Å². The van der Waals surface area contributed by atoms with Crippen molar-refractivity contribution in [2.45, 2.75) is 79.2 Å². The zero-order valence-electron chi connectivity index (χ0n) is 43.2. The minimum atomic E-state index is -1.02. The lowest BCUT2D eigenvalue weighted by molar-refractivity contribution is -0.143. The first-order valence-corrected chi connectivity index (χ1v) is 23.1. The molecule has 4 aromatic carbocycles. The number of carboxylic acids is 1. The van der Waals surface area contributed by atoms with Crippen LogP contribution in [0.25, 0.3) is 22.3 Å². The third kappa shape index (κ3) is 18.6. The largest absolute Gasteiger partial charge is 0.508 e. The molecule has 6 rings (SSSR count). The van der Waals surface area contributed by atoms with Gasteiger partial charge in [-0.1, -0.05) is 72.8 Å². The van der Waals surface area contributed by atoms with E-state index in [1.165, 1.54) is 14.2 Å². The van der Waals surface area contributed by atoms with Gasteiger partial charge in [-0.25, -0.2) is 34.3 Å². The molecule has 0 spiro atoms. The van der Waals surface area contributed by atoms with Crippen LogP contribution in [-0.4, -0.2) is 110 Å². The highest BCUT2D eigenvalue weighted by atomic mass is 35.5. The molecular weight excluding hydrogens is 988 g/mol. The number of carbonyl (C=O) groups excluding carboxylic acids is 4. The summed E-state index contributed by atoms with van der Waals surface area (Å²) >= 11 is 0. The van der Waals surface area contributed by atoms with Crippen LogP contribution in [0.4, 0.5) is 16.7 Å². The summed E-state index contributed by atoms with van der Waals surface area (Å²) in [7, 11) is 2.46. The molecule has 2 aromatic heterocycles. The summed E-state index contributed by atoms with van der Waals surface area (Å²) in [6, 6.07) is 28.0. The molecular formula is C53H65ClN10O11. The molecule has 400 valence electrons. The fourth-order valence-electron chi connectivity index (χ4n) is 7.10. The third-order valence-electron chi connectivity index (χ3n) is 10.6. The van der Waals surface area contributed by atoms with Gasteiger partial charge in [-0.15, -0.1) is 12.4 Å². The highest BCUT2D eigenvalue weighted by Crippen LogP contribution is 2.28. The number of ether oxygens (including phenoxy) is 3. The van der Waals surface area contributed by atoms with E-state index in [0.717, 1.165) is 33.4 Å². The van der Waals surface area contributed by atoms with E-state index < -0.39 is 47.6 Å². The SMILES string of the molecule is COC(=O)[C@@H](N)CNC(=O)OC(C)(C)C.COC(=O)[C@H](CN)NC(=O)c1c(C)nc(NCc2ccccc2-c2ccc(O)cc2)nc1C.Cc1nc(NCc2ccccc2-c2ccc(O)cc2)nc(C)c1C(=O)O.Cl. The smallest absolute Gasteiger partial charge is 0.407 e. The molecule has 0 aliphatic carbocycles. The number of nitrogens with one attached hydrogen (secondary N) is 4. The molecule has 0 aliphatic heterocycles. The first kappa shape index (κ1) is 60.9. The molecule has 2 amide bonds. The van der Waals surface area contributed by atoms with Gasteiger partial charge in [0.05, 0.1) is 42.6 Å². The molecule has 11 N–H and O–H groups in total. The van der Waals surface area contributed by atoms with E-state index in [1.54, 1.807) is 72.7 Å². The van der Waals surface area contributed by atoms with Crippen molar-refractivity contribution in [1.29, 1.82) is 0 Å². The molecule has 0 bridgehead atoms. The van der Waals surface area contributed by atoms with Crippen molar-refractivity contribution in [3.05, 3.63) is 142 Å². The average molecular weight is 1050 g/mol. The van der Waals surface area contributed by atoms with E-state index in [2.05, 4.69) is 50.7 Å². The number of rotatable bonds is 16. The summed E-state index contributed by atoms with van der Waals surface area (Å²) in [6.45, 7) is 12.8. The van der Waals surface area contributed by atoms with Gasteiger partial charge >= 0.3 is 24.0 Å². The number of esters is 2. The monoisotopic (exact) mass is 1050 g/mol. The molecule has 6 aromatic rings. The van der Waals surface area contributed by atoms with Crippen LogP contribution in [0.1, 0.15) is 75.4 Å². The maximum absolute atomic E-state index is 12.7. The Labute approximate surface area is 441 Å². The second-order valence-corrected chi connectivity index (χ2v) is 17.4. The van der Waals surface area contributed by atoms with Crippen LogP contribution in [-0.2, 0) is 36.9 Å². The molecule has 0 radical (unpaired) electrons. The van der Waals surface area contributed by atoms with E-state index in [0.29, 0.717) is 47.8 Å². The number of phenolic OH excluding ortho intramolecular Hbond substituents is 2. The summed E-state index contributed by atoms with van der Waals surface area (Å²) in [5.74, 6) is -1.50. The number of carboxylic acid groups (broad SMARTS) is 1. The first-order valence-electron chi connectivity index (χ1n) is 23.1. The van der Waals surface area contributed by atoms with Crippen molar-refractivity contribution in [1.82, 2.24) is 30.6 Å². The van der Waals surface area contributed by atoms with Gasteiger partial charge in [0.25, 0.3) is 5.91 Å². The molecule has 2 heterocycles. The van der Waals surface area contributed by atoms with Crippen molar-refractivity contribution < 1.29 is 53.5 Å². The number of halogens is 1. The van der Waals surface area contributed by atoms with Crippen LogP contribution in [0.15, 0.2) is 97.1 Å². The molecule has 2 atom stereocenters. The van der Waals surface area contributed by atoms with Crippen molar-refractivity contribution in [2.24, 2.45) is 11.5 Å². The zero-order valence-corrected chi connectivity index (χ0v) is 44.0. The van der Waals surface area contributed by atoms with Gasteiger partial charge in [0.2, 0.25) is 11.9 Å². The summed E-state index contributed by atoms with van der Waals surface area (Å²) in [5.41, 5.74) is 18.7.